The second-order valence-electron chi connectivity index (χ2n) is 3.07. The van der Waals surface area contributed by atoms with Crippen molar-refractivity contribution >= 4 is 22.8 Å². The average Bonchev–Trinajstić information content (AvgIpc) is 2.62. The summed E-state index contributed by atoms with van der Waals surface area (Å²) < 4.78 is 1.89. The third kappa shape index (κ3) is 1.34. The lowest BCUT2D eigenvalue weighted by molar-refractivity contribution is 0.569. The Morgan fingerprint density at radius 3 is 3.00 bits per heavy atom. The molecule has 74 valence electrons. The summed E-state index contributed by atoms with van der Waals surface area (Å²) in [7, 11) is 0. The lowest BCUT2D eigenvalue weighted by Gasteiger charge is -2.09. The van der Waals surface area contributed by atoms with E-state index in [1.807, 2.05) is 11.5 Å². The monoisotopic (exact) mass is 211 g/mol. The summed E-state index contributed by atoms with van der Waals surface area (Å²) in [5.41, 5.74) is 6.91. The second kappa shape index (κ2) is 3.51. The molecule has 0 aromatic carbocycles. The van der Waals surface area contributed by atoms with Crippen LogP contribution in [-0.4, -0.2) is 26.1 Å². The molecule has 0 unspecified atom stereocenters. The van der Waals surface area contributed by atoms with E-state index in [-0.39, 0.29) is 6.04 Å². The van der Waals surface area contributed by atoms with Crippen molar-refractivity contribution in [2.24, 2.45) is 5.73 Å². The molecule has 0 aliphatic heterocycles. The fourth-order valence-electron chi connectivity index (χ4n) is 1.26. The largest absolute Gasteiger partial charge is 0.328 e. The number of hydrogen-bond acceptors (Lipinski definition) is 4. The Morgan fingerprint density at radius 1 is 1.50 bits per heavy atom. The molecule has 0 spiro atoms. The Balaban J connectivity index is 2.63. The molecule has 2 aromatic heterocycles. The number of hydrogen-bond donors (Lipinski definition) is 1. The van der Waals surface area contributed by atoms with E-state index in [1.165, 1.54) is 6.33 Å². The predicted molar refractivity (Wildman–Crippen MR) is 54.1 cm³/mol. The van der Waals surface area contributed by atoms with Crippen molar-refractivity contribution in [2.45, 2.75) is 13.0 Å². The van der Waals surface area contributed by atoms with Gasteiger partial charge in [0.05, 0.1) is 6.33 Å². The SMILES string of the molecule is C[C@@H](CN)n1cnc2c(Cl)ncnc21. The van der Waals surface area contributed by atoms with Crippen molar-refractivity contribution in [2.75, 3.05) is 6.54 Å². The molecule has 0 saturated heterocycles. The Labute approximate surface area is 85.9 Å². The van der Waals surface area contributed by atoms with Crippen LogP contribution in [-0.2, 0) is 0 Å². The Kier molecular flexibility index (Phi) is 2.35. The molecule has 1 atom stereocenters. The van der Waals surface area contributed by atoms with Gasteiger partial charge in [-0.05, 0) is 6.92 Å². The maximum atomic E-state index is 5.86. The number of nitrogens with zero attached hydrogens (tertiary/aromatic N) is 4. The molecule has 5 nitrogen and oxygen atoms in total. The van der Waals surface area contributed by atoms with Crippen LogP contribution in [0.5, 0.6) is 0 Å². The molecule has 0 bridgehead atoms. The highest BCUT2D eigenvalue weighted by molar-refractivity contribution is 6.33. The quantitative estimate of drug-likeness (QED) is 0.753. The van der Waals surface area contributed by atoms with Crippen LogP contribution in [0.1, 0.15) is 13.0 Å². The number of aromatic nitrogens is 4. The van der Waals surface area contributed by atoms with Crippen LogP contribution in [0.2, 0.25) is 5.15 Å². The standard InChI is InChI=1S/C8H10ClN5/c1-5(2-10)14-4-13-6-7(9)11-3-12-8(6)14/h3-5H,2,10H2,1H3/t5-/m0/s1. The van der Waals surface area contributed by atoms with Gasteiger partial charge in [0.2, 0.25) is 0 Å². The summed E-state index contributed by atoms with van der Waals surface area (Å²) in [5, 5.41) is 0.373. The minimum atomic E-state index is 0.158. The van der Waals surface area contributed by atoms with Crippen molar-refractivity contribution in [3.8, 4) is 0 Å². The van der Waals surface area contributed by atoms with E-state index in [0.29, 0.717) is 17.2 Å². The van der Waals surface area contributed by atoms with Gasteiger partial charge in [-0.3, -0.25) is 0 Å². The normalized spacial score (nSPS) is 13.4. The highest BCUT2D eigenvalue weighted by Gasteiger charge is 2.11. The summed E-state index contributed by atoms with van der Waals surface area (Å²) in [6.07, 6.45) is 3.11. The lowest BCUT2D eigenvalue weighted by Crippen LogP contribution is -2.15. The third-order valence-electron chi connectivity index (χ3n) is 2.13. The summed E-state index contributed by atoms with van der Waals surface area (Å²) >= 11 is 5.86. The van der Waals surface area contributed by atoms with Crippen molar-refractivity contribution < 1.29 is 0 Å². The first kappa shape index (κ1) is 9.36. The molecule has 0 amide bonds. The Hall–Kier alpha value is -1.20. The van der Waals surface area contributed by atoms with Crippen LogP contribution in [0, 0.1) is 0 Å². The zero-order valence-electron chi connectivity index (χ0n) is 7.68. The molecule has 6 heteroatoms. The molecule has 2 aromatic rings. The molecule has 0 radical (unpaired) electrons. The maximum Gasteiger partial charge on any atom is 0.165 e. The van der Waals surface area contributed by atoms with Gasteiger partial charge in [0.25, 0.3) is 0 Å². The van der Waals surface area contributed by atoms with Crippen LogP contribution in [0.25, 0.3) is 11.2 Å². The lowest BCUT2D eigenvalue weighted by atomic mass is 10.3. The van der Waals surface area contributed by atoms with Gasteiger partial charge in [-0.15, -0.1) is 0 Å². The van der Waals surface area contributed by atoms with Crippen molar-refractivity contribution in [1.82, 2.24) is 19.5 Å². The topological polar surface area (TPSA) is 69.6 Å². The Morgan fingerprint density at radius 2 is 2.29 bits per heavy atom. The number of imidazole rings is 1. The molecule has 14 heavy (non-hydrogen) atoms. The fourth-order valence-corrected chi connectivity index (χ4v) is 1.44. The molecule has 0 aliphatic carbocycles. The summed E-state index contributed by atoms with van der Waals surface area (Å²) in [4.78, 5) is 12.1. The molecule has 0 saturated carbocycles. The molecule has 0 fully saturated rings. The van der Waals surface area contributed by atoms with E-state index < -0.39 is 0 Å². The predicted octanol–water partition coefficient (Wildman–Crippen LogP) is 0.999. The molecule has 2 rings (SSSR count). The minimum Gasteiger partial charge on any atom is -0.328 e. The highest BCUT2D eigenvalue weighted by Crippen LogP contribution is 2.19. The zero-order chi connectivity index (χ0) is 10.1. The van der Waals surface area contributed by atoms with Gasteiger partial charge in [0.1, 0.15) is 11.8 Å². The second-order valence-corrected chi connectivity index (χ2v) is 3.43. The van der Waals surface area contributed by atoms with Crippen molar-refractivity contribution in [3.63, 3.8) is 0 Å². The smallest absolute Gasteiger partial charge is 0.165 e. The summed E-state index contributed by atoms with van der Waals surface area (Å²) in [6, 6.07) is 0.158. The van der Waals surface area contributed by atoms with E-state index in [0.717, 1.165) is 5.65 Å². The summed E-state index contributed by atoms with van der Waals surface area (Å²) in [5.74, 6) is 0. The van der Waals surface area contributed by atoms with Crippen LogP contribution in [0.15, 0.2) is 12.7 Å². The maximum absolute atomic E-state index is 5.86. The van der Waals surface area contributed by atoms with Crippen LogP contribution in [0.4, 0.5) is 0 Å². The third-order valence-corrected chi connectivity index (χ3v) is 2.41. The number of fused-ring (bicyclic) bond motifs is 1. The minimum absolute atomic E-state index is 0.158. The number of rotatable bonds is 2. The highest BCUT2D eigenvalue weighted by atomic mass is 35.5. The molecule has 2 heterocycles. The van der Waals surface area contributed by atoms with Gasteiger partial charge in [-0.1, -0.05) is 11.6 Å². The van der Waals surface area contributed by atoms with Gasteiger partial charge < -0.3 is 10.3 Å². The van der Waals surface area contributed by atoms with Crippen LogP contribution < -0.4 is 5.73 Å². The molecule has 0 aliphatic rings. The van der Waals surface area contributed by atoms with Crippen LogP contribution in [0.3, 0.4) is 0 Å². The first-order valence-electron chi connectivity index (χ1n) is 4.27. The van der Waals surface area contributed by atoms with Gasteiger partial charge in [0, 0.05) is 12.6 Å². The van der Waals surface area contributed by atoms with Gasteiger partial charge in [-0.2, -0.15) is 0 Å². The van der Waals surface area contributed by atoms with Gasteiger partial charge in [-0.25, -0.2) is 15.0 Å². The molecule has 2 N–H and O–H groups in total. The fraction of sp³-hybridized carbons (Fsp3) is 0.375. The average molecular weight is 212 g/mol. The first-order valence-corrected chi connectivity index (χ1v) is 4.65. The van der Waals surface area contributed by atoms with Crippen molar-refractivity contribution in [3.05, 3.63) is 17.8 Å². The molecular formula is C8H10ClN5. The number of nitrogens with two attached hydrogens (primary N) is 1. The van der Waals surface area contributed by atoms with E-state index in [9.17, 15) is 0 Å². The zero-order valence-corrected chi connectivity index (χ0v) is 8.44. The van der Waals surface area contributed by atoms with Gasteiger partial charge >= 0.3 is 0 Å². The van der Waals surface area contributed by atoms with Crippen LogP contribution >= 0.6 is 11.6 Å². The molecular weight excluding hydrogens is 202 g/mol. The van der Waals surface area contributed by atoms with E-state index in [4.69, 9.17) is 17.3 Å². The first-order chi connectivity index (χ1) is 6.74. The van der Waals surface area contributed by atoms with E-state index >= 15 is 0 Å². The van der Waals surface area contributed by atoms with E-state index in [2.05, 4.69) is 15.0 Å². The number of halogens is 1. The van der Waals surface area contributed by atoms with Crippen molar-refractivity contribution in [1.29, 1.82) is 0 Å². The Bertz CT molecular complexity index is 452. The summed E-state index contributed by atoms with van der Waals surface area (Å²) in [6.45, 7) is 2.53. The van der Waals surface area contributed by atoms with E-state index in [1.54, 1.807) is 6.33 Å². The van der Waals surface area contributed by atoms with Gasteiger partial charge in [0.15, 0.2) is 10.8 Å².